The van der Waals surface area contributed by atoms with Crippen molar-refractivity contribution in [2.45, 2.75) is 40.2 Å². The molecule has 160 valence electrons. The van der Waals surface area contributed by atoms with E-state index in [1.54, 1.807) is 14.0 Å². The number of aromatic nitrogens is 2. The molecule has 3 aromatic rings. The van der Waals surface area contributed by atoms with E-state index in [9.17, 15) is 4.79 Å². The second-order valence-corrected chi connectivity index (χ2v) is 8.20. The van der Waals surface area contributed by atoms with Crippen molar-refractivity contribution in [3.8, 4) is 0 Å². The fraction of sp³-hybridized carbons (Fsp3) is 0.409. The molecule has 0 bridgehead atoms. The number of esters is 1. The standard InChI is InChI=1S/C22H29N5O2S/c1-6-29-21(28)19-14(3)26-20(30-19)15(4)27-22(23-5)24-10-9-16-12-25-18-11-13(2)7-8-17(16)18/h7-8,11-12,15,25H,6,9-10H2,1-5H3,(H2,23,24,27). The van der Waals surface area contributed by atoms with Gasteiger partial charge in [-0.05, 0) is 51.3 Å². The zero-order valence-electron chi connectivity index (χ0n) is 18.1. The Morgan fingerprint density at radius 2 is 2.17 bits per heavy atom. The normalized spacial score (nSPS) is 12.8. The monoisotopic (exact) mass is 427 g/mol. The summed E-state index contributed by atoms with van der Waals surface area (Å²) in [6.45, 7) is 8.82. The predicted octanol–water partition coefficient (Wildman–Crippen LogP) is 3.89. The number of aromatic amines is 1. The van der Waals surface area contributed by atoms with Crippen LogP contribution in [0.1, 0.15) is 51.4 Å². The largest absolute Gasteiger partial charge is 0.462 e. The molecule has 30 heavy (non-hydrogen) atoms. The van der Waals surface area contributed by atoms with Gasteiger partial charge in [0, 0.05) is 30.7 Å². The van der Waals surface area contributed by atoms with E-state index in [0.29, 0.717) is 23.1 Å². The minimum atomic E-state index is -0.317. The fourth-order valence-electron chi connectivity index (χ4n) is 3.27. The van der Waals surface area contributed by atoms with Gasteiger partial charge in [0.05, 0.1) is 18.3 Å². The number of thiazole rings is 1. The zero-order valence-corrected chi connectivity index (χ0v) is 18.9. The number of ether oxygens (including phenoxy) is 1. The molecule has 1 aromatic carbocycles. The molecule has 0 amide bonds. The van der Waals surface area contributed by atoms with Crippen molar-refractivity contribution in [2.24, 2.45) is 4.99 Å². The van der Waals surface area contributed by atoms with Gasteiger partial charge in [0.2, 0.25) is 0 Å². The van der Waals surface area contributed by atoms with E-state index >= 15 is 0 Å². The average molecular weight is 428 g/mol. The molecule has 0 fully saturated rings. The Morgan fingerprint density at radius 3 is 2.90 bits per heavy atom. The maximum atomic E-state index is 12.0. The van der Waals surface area contributed by atoms with Gasteiger partial charge in [-0.2, -0.15) is 0 Å². The molecule has 0 aliphatic rings. The van der Waals surface area contributed by atoms with Crippen molar-refractivity contribution in [1.82, 2.24) is 20.6 Å². The summed E-state index contributed by atoms with van der Waals surface area (Å²) in [5, 5.41) is 8.78. The third-order valence-electron chi connectivity index (χ3n) is 4.83. The summed E-state index contributed by atoms with van der Waals surface area (Å²) in [5.74, 6) is 0.381. The second kappa shape index (κ2) is 9.75. The highest BCUT2D eigenvalue weighted by molar-refractivity contribution is 7.13. The molecule has 0 radical (unpaired) electrons. The van der Waals surface area contributed by atoms with Gasteiger partial charge in [0.25, 0.3) is 0 Å². The summed E-state index contributed by atoms with van der Waals surface area (Å²) < 4.78 is 5.10. The number of nitrogens with one attached hydrogen (secondary N) is 3. The molecule has 1 atom stereocenters. The van der Waals surface area contributed by atoms with Crippen LogP contribution in [0.25, 0.3) is 10.9 Å². The van der Waals surface area contributed by atoms with Gasteiger partial charge in [0.15, 0.2) is 5.96 Å². The van der Waals surface area contributed by atoms with E-state index in [0.717, 1.165) is 23.5 Å². The van der Waals surface area contributed by atoms with Crippen LogP contribution in [0.4, 0.5) is 0 Å². The number of carbonyl (C=O) groups is 1. The Bertz CT molecular complexity index is 1050. The second-order valence-electron chi connectivity index (χ2n) is 7.17. The summed E-state index contributed by atoms with van der Waals surface area (Å²) in [7, 11) is 1.74. The molecule has 2 heterocycles. The first-order valence-corrected chi connectivity index (χ1v) is 10.9. The lowest BCUT2D eigenvalue weighted by molar-refractivity contribution is 0.0531. The molecule has 0 aliphatic carbocycles. The van der Waals surface area contributed by atoms with Crippen molar-refractivity contribution >= 4 is 34.2 Å². The van der Waals surface area contributed by atoms with Crippen molar-refractivity contribution in [1.29, 1.82) is 0 Å². The molecule has 2 aromatic heterocycles. The Kier molecular flexibility index (Phi) is 7.10. The maximum absolute atomic E-state index is 12.0. The molecule has 8 heteroatoms. The first-order valence-electron chi connectivity index (χ1n) is 10.1. The highest BCUT2D eigenvalue weighted by atomic mass is 32.1. The first-order chi connectivity index (χ1) is 14.4. The topological polar surface area (TPSA) is 91.4 Å². The lowest BCUT2D eigenvalue weighted by atomic mass is 10.1. The molecule has 7 nitrogen and oxygen atoms in total. The van der Waals surface area contributed by atoms with Crippen molar-refractivity contribution < 1.29 is 9.53 Å². The fourth-order valence-corrected chi connectivity index (χ4v) is 4.24. The van der Waals surface area contributed by atoms with Gasteiger partial charge in [0.1, 0.15) is 9.88 Å². The molecule has 0 aliphatic heterocycles. The van der Waals surface area contributed by atoms with E-state index in [4.69, 9.17) is 4.74 Å². The quantitative estimate of drug-likeness (QED) is 0.302. The van der Waals surface area contributed by atoms with Gasteiger partial charge < -0.3 is 20.4 Å². The highest BCUT2D eigenvalue weighted by Gasteiger charge is 2.20. The SMILES string of the molecule is CCOC(=O)c1sc(C(C)NC(=NC)NCCc2c[nH]c3cc(C)ccc23)nc1C. The van der Waals surface area contributed by atoms with Crippen molar-refractivity contribution in [3.05, 3.63) is 51.1 Å². The predicted molar refractivity (Wildman–Crippen MR) is 122 cm³/mol. The van der Waals surface area contributed by atoms with Gasteiger partial charge in [-0.1, -0.05) is 12.1 Å². The van der Waals surface area contributed by atoms with Crippen LogP contribution in [-0.4, -0.2) is 42.1 Å². The van der Waals surface area contributed by atoms with Gasteiger partial charge in [-0.15, -0.1) is 11.3 Å². The van der Waals surface area contributed by atoms with Crippen LogP contribution >= 0.6 is 11.3 Å². The molecule has 0 saturated heterocycles. The van der Waals surface area contributed by atoms with Crippen LogP contribution in [0.5, 0.6) is 0 Å². The Balaban J connectivity index is 1.57. The summed E-state index contributed by atoms with van der Waals surface area (Å²) in [5.41, 5.74) is 4.38. The molecule has 3 N–H and O–H groups in total. The number of fused-ring (bicyclic) bond motifs is 1. The number of aliphatic imine (C=N–C) groups is 1. The number of hydrogen-bond donors (Lipinski definition) is 3. The van der Waals surface area contributed by atoms with Crippen LogP contribution in [0.15, 0.2) is 29.4 Å². The third kappa shape index (κ3) is 4.99. The zero-order chi connectivity index (χ0) is 21.7. The molecule has 3 rings (SSSR count). The molecular formula is C22H29N5O2S. The summed E-state index contributed by atoms with van der Waals surface area (Å²) in [6.07, 6.45) is 2.95. The van der Waals surface area contributed by atoms with Gasteiger partial charge in [-0.3, -0.25) is 4.99 Å². The van der Waals surface area contributed by atoms with E-state index in [-0.39, 0.29) is 12.0 Å². The highest BCUT2D eigenvalue weighted by Crippen LogP contribution is 2.24. The molecule has 0 saturated carbocycles. The number of benzene rings is 1. The first kappa shape index (κ1) is 21.8. The number of rotatable bonds is 7. The number of guanidine groups is 1. The van der Waals surface area contributed by atoms with Crippen LogP contribution in [0.3, 0.4) is 0 Å². The smallest absolute Gasteiger partial charge is 0.350 e. The van der Waals surface area contributed by atoms with Crippen LogP contribution in [0.2, 0.25) is 0 Å². The number of hydrogen-bond acceptors (Lipinski definition) is 5. The summed E-state index contributed by atoms with van der Waals surface area (Å²) in [6, 6.07) is 6.38. The van der Waals surface area contributed by atoms with E-state index < -0.39 is 0 Å². The van der Waals surface area contributed by atoms with E-state index in [2.05, 4.69) is 56.9 Å². The number of H-pyrrole nitrogens is 1. The van der Waals surface area contributed by atoms with Crippen LogP contribution in [-0.2, 0) is 11.2 Å². The Labute approximate surface area is 181 Å². The summed E-state index contributed by atoms with van der Waals surface area (Å²) >= 11 is 1.36. The minimum absolute atomic E-state index is 0.0841. The molecule has 0 spiro atoms. The van der Waals surface area contributed by atoms with Gasteiger partial charge in [-0.25, -0.2) is 9.78 Å². The van der Waals surface area contributed by atoms with E-state index in [1.165, 1.54) is 27.8 Å². The third-order valence-corrected chi connectivity index (χ3v) is 6.15. The number of nitrogens with zero attached hydrogens (tertiary/aromatic N) is 2. The Hall–Kier alpha value is -2.87. The minimum Gasteiger partial charge on any atom is -0.462 e. The lowest BCUT2D eigenvalue weighted by Gasteiger charge is -2.16. The van der Waals surface area contributed by atoms with Crippen molar-refractivity contribution in [2.75, 3.05) is 20.2 Å². The van der Waals surface area contributed by atoms with Crippen molar-refractivity contribution in [3.63, 3.8) is 0 Å². The number of aryl methyl sites for hydroxylation is 2. The number of carbonyl (C=O) groups excluding carboxylic acids is 1. The average Bonchev–Trinajstić information content (AvgIpc) is 3.30. The maximum Gasteiger partial charge on any atom is 0.350 e. The lowest BCUT2D eigenvalue weighted by Crippen LogP contribution is -2.39. The molecular weight excluding hydrogens is 398 g/mol. The van der Waals surface area contributed by atoms with Gasteiger partial charge >= 0.3 is 5.97 Å². The van der Waals surface area contributed by atoms with Crippen LogP contribution < -0.4 is 10.6 Å². The summed E-state index contributed by atoms with van der Waals surface area (Å²) in [4.78, 5) is 24.8. The van der Waals surface area contributed by atoms with E-state index in [1.807, 2.05) is 13.8 Å². The molecule has 1 unspecified atom stereocenters. The van der Waals surface area contributed by atoms with Crippen LogP contribution in [0, 0.1) is 13.8 Å². The Morgan fingerprint density at radius 1 is 1.37 bits per heavy atom.